The number of hydrogen-bond acceptors (Lipinski definition) is 5. The molecule has 6 heteroatoms. The van der Waals surface area contributed by atoms with Crippen molar-refractivity contribution in [3.63, 3.8) is 0 Å². The second kappa shape index (κ2) is 6.61. The third-order valence-electron chi connectivity index (χ3n) is 4.15. The maximum absolute atomic E-state index is 12.8. The molecule has 2 atom stereocenters. The molecule has 0 aliphatic carbocycles. The number of Topliss-reactive ketones (excluding diaryl/α,β-unsaturated/α-hetero) is 1. The molecule has 0 aromatic heterocycles. The summed E-state index contributed by atoms with van der Waals surface area (Å²) in [6, 6.07) is 14.4. The molecule has 1 aliphatic heterocycles. The molecule has 0 saturated heterocycles. The molecule has 0 amide bonds. The van der Waals surface area contributed by atoms with E-state index in [1.165, 1.54) is 0 Å². The fourth-order valence-corrected chi connectivity index (χ4v) is 3.42. The fraction of sp³-hybridized carbons (Fsp3) is 0.316. The summed E-state index contributed by atoms with van der Waals surface area (Å²) in [4.78, 5) is 12.8. The number of benzene rings is 2. The zero-order chi connectivity index (χ0) is 18.2. The SMILES string of the molecule is CC(C)c1ccc([C@@H]2Oc3ccccc3C(=O)[C@H]2OS(C)(=O)=O)cc1. The predicted octanol–water partition coefficient (Wildman–Crippen LogP) is 3.47. The Kier molecular flexibility index (Phi) is 4.67. The number of carbonyl (C=O) groups is 1. The largest absolute Gasteiger partial charge is 0.482 e. The minimum absolute atomic E-state index is 0.325. The summed E-state index contributed by atoms with van der Waals surface area (Å²) >= 11 is 0. The molecule has 2 aromatic carbocycles. The summed E-state index contributed by atoms with van der Waals surface area (Å²) in [7, 11) is -3.82. The molecule has 3 rings (SSSR count). The van der Waals surface area contributed by atoms with Crippen molar-refractivity contribution in [2.24, 2.45) is 0 Å². The van der Waals surface area contributed by atoms with Gasteiger partial charge < -0.3 is 4.74 Å². The lowest BCUT2D eigenvalue weighted by Crippen LogP contribution is -2.39. The van der Waals surface area contributed by atoms with Gasteiger partial charge in [0, 0.05) is 0 Å². The predicted molar refractivity (Wildman–Crippen MR) is 94.4 cm³/mol. The second-order valence-corrected chi connectivity index (χ2v) is 8.04. The first-order chi connectivity index (χ1) is 11.8. The van der Waals surface area contributed by atoms with Crippen LogP contribution in [0.5, 0.6) is 5.75 Å². The Balaban J connectivity index is 2.03. The normalized spacial score (nSPS) is 20.2. The molecule has 0 unspecified atom stereocenters. The topological polar surface area (TPSA) is 69.7 Å². The highest BCUT2D eigenvalue weighted by atomic mass is 32.2. The summed E-state index contributed by atoms with van der Waals surface area (Å²) in [5.41, 5.74) is 2.17. The Morgan fingerprint density at radius 2 is 1.68 bits per heavy atom. The summed E-state index contributed by atoms with van der Waals surface area (Å²) in [5.74, 6) is 0.399. The highest BCUT2D eigenvalue weighted by molar-refractivity contribution is 7.86. The standard InChI is InChI=1S/C19H20O5S/c1-12(2)13-8-10-14(11-9-13)18-19(24-25(3,21)22)17(20)15-6-4-5-7-16(15)23-18/h4-12,18-19H,1-3H3/t18-,19+/m0/s1. The second-order valence-electron chi connectivity index (χ2n) is 6.44. The van der Waals surface area contributed by atoms with Crippen LogP contribution in [0.15, 0.2) is 48.5 Å². The Morgan fingerprint density at radius 1 is 1.04 bits per heavy atom. The van der Waals surface area contributed by atoms with Crippen LogP contribution in [0.1, 0.15) is 47.4 Å². The van der Waals surface area contributed by atoms with Gasteiger partial charge in [0.15, 0.2) is 12.2 Å². The van der Waals surface area contributed by atoms with Gasteiger partial charge in [0.1, 0.15) is 5.75 Å². The van der Waals surface area contributed by atoms with E-state index in [4.69, 9.17) is 8.92 Å². The molecule has 2 aromatic rings. The van der Waals surface area contributed by atoms with Crippen molar-refractivity contribution in [1.29, 1.82) is 0 Å². The first-order valence-corrected chi connectivity index (χ1v) is 9.86. The Morgan fingerprint density at radius 3 is 2.28 bits per heavy atom. The molecule has 132 valence electrons. The number of rotatable bonds is 4. The van der Waals surface area contributed by atoms with Gasteiger partial charge in [0.25, 0.3) is 10.1 Å². The van der Waals surface area contributed by atoms with Gasteiger partial charge >= 0.3 is 0 Å². The highest BCUT2D eigenvalue weighted by Crippen LogP contribution is 2.37. The third-order valence-corrected chi connectivity index (χ3v) is 4.71. The van der Waals surface area contributed by atoms with E-state index in [1.807, 2.05) is 24.3 Å². The van der Waals surface area contributed by atoms with E-state index in [0.717, 1.165) is 11.8 Å². The van der Waals surface area contributed by atoms with E-state index in [2.05, 4.69) is 13.8 Å². The van der Waals surface area contributed by atoms with Gasteiger partial charge in [-0.05, 0) is 29.2 Å². The highest BCUT2D eigenvalue weighted by Gasteiger charge is 2.41. The molecule has 0 N–H and O–H groups in total. The number of hydrogen-bond donors (Lipinski definition) is 0. The average Bonchev–Trinajstić information content (AvgIpc) is 2.56. The lowest BCUT2D eigenvalue weighted by molar-refractivity contribution is 0.0347. The van der Waals surface area contributed by atoms with Crippen LogP contribution in [-0.2, 0) is 14.3 Å². The molecule has 1 aliphatic rings. The first-order valence-electron chi connectivity index (χ1n) is 8.04. The molecule has 0 fully saturated rings. The zero-order valence-corrected chi connectivity index (χ0v) is 15.1. The van der Waals surface area contributed by atoms with Gasteiger partial charge in [-0.1, -0.05) is 50.2 Å². The van der Waals surface area contributed by atoms with Crippen molar-refractivity contribution in [1.82, 2.24) is 0 Å². The number of ether oxygens (including phenoxy) is 1. The van der Waals surface area contributed by atoms with E-state index in [0.29, 0.717) is 22.8 Å². The monoisotopic (exact) mass is 360 g/mol. The molecule has 0 saturated carbocycles. The molecule has 0 radical (unpaired) electrons. The Hall–Kier alpha value is -2.18. The third kappa shape index (κ3) is 3.75. The number of carbonyl (C=O) groups excluding carboxylic acids is 1. The van der Waals surface area contributed by atoms with Crippen LogP contribution in [0.25, 0.3) is 0 Å². The lowest BCUT2D eigenvalue weighted by Gasteiger charge is -2.32. The molecule has 0 bridgehead atoms. The summed E-state index contributed by atoms with van der Waals surface area (Å²) in [6.45, 7) is 4.17. The quantitative estimate of drug-likeness (QED) is 0.781. The van der Waals surface area contributed by atoms with Gasteiger partial charge in [0.2, 0.25) is 5.78 Å². The Labute approximate surface area is 147 Å². The zero-order valence-electron chi connectivity index (χ0n) is 14.3. The maximum Gasteiger partial charge on any atom is 0.265 e. The molecule has 5 nitrogen and oxygen atoms in total. The van der Waals surface area contributed by atoms with E-state index < -0.39 is 28.1 Å². The van der Waals surface area contributed by atoms with Gasteiger partial charge in [-0.25, -0.2) is 0 Å². The summed E-state index contributed by atoms with van der Waals surface area (Å²) in [5, 5.41) is 0. The van der Waals surface area contributed by atoms with Crippen molar-refractivity contribution < 1.29 is 22.1 Å². The van der Waals surface area contributed by atoms with Gasteiger partial charge in [-0.3, -0.25) is 8.98 Å². The fourth-order valence-electron chi connectivity index (χ4n) is 2.86. The minimum atomic E-state index is -3.82. The van der Waals surface area contributed by atoms with Crippen LogP contribution < -0.4 is 4.74 Å². The smallest absolute Gasteiger partial charge is 0.265 e. The van der Waals surface area contributed by atoms with Crippen molar-refractivity contribution in [3.8, 4) is 5.75 Å². The van der Waals surface area contributed by atoms with Crippen LogP contribution in [0, 0.1) is 0 Å². The molecular formula is C19H20O5S. The van der Waals surface area contributed by atoms with E-state index in [-0.39, 0.29) is 0 Å². The van der Waals surface area contributed by atoms with E-state index in [1.54, 1.807) is 24.3 Å². The van der Waals surface area contributed by atoms with Crippen molar-refractivity contribution in [3.05, 3.63) is 65.2 Å². The molecule has 0 spiro atoms. The summed E-state index contributed by atoms with van der Waals surface area (Å²) in [6.07, 6.45) is -1.13. The lowest BCUT2D eigenvalue weighted by atomic mass is 9.92. The minimum Gasteiger partial charge on any atom is -0.482 e. The van der Waals surface area contributed by atoms with Crippen LogP contribution in [0.3, 0.4) is 0 Å². The van der Waals surface area contributed by atoms with Gasteiger partial charge in [-0.15, -0.1) is 0 Å². The number of para-hydroxylation sites is 1. The molecule has 25 heavy (non-hydrogen) atoms. The van der Waals surface area contributed by atoms with Crippen LogP contribution >= 0.6 is 0 Å². The summed E-state index contributed by atoms with van der Waals surface area (Å²) < 4.78 is 34.3. The van der Waals surface area contributed by atoms with E-state index in [9.17, 15) is 13.2 Å². The van der Waals surface area contributed by atoms with Crippen LogP contribution in [0.2, 0.25) is 0 Å². The van der Waals surface area contributed by atoms with E-state index >= 15 is 0 Å². The number of ketones is 1. The van der Waals surface area contributed by atoms with Gasteiger partial charge in [0.05, 0.1) is 11.8 Å². The van der Waals surface area contributed by atoms with Crippen molar-refractivity contribution in [2.45, 2.75) is 32.0 Å². The van der Waals surface area contributed by atoms with Gasteiger partial charge in [-0.2, -0.15) is 8.42 Å². The molecule has 1 heterocycles. The average molecular weight is 360 g/mol. The maximum atomic E-state index is 12.8. The first kappa shape index (κ1) is 17.6. The van der Waals surface area contributed by atoms with Crippen LogP contribution in [0.4, 0.5) is 0 Å². The van der Waals surface area contributed by atoms with Crippen molar-refractivity contribution >= 4 is 15.9 Å². The Bertz CT molecular complexity index is 884. The van der Waals surface area contributed by atoms with Crippen LogP contribution in [-0.4, -0.2) is 26.6 Å². The van der Waals surface area contributed by atoms with Crippen molar-refractivity contribution in [2.75, 3.05) is 6.26 Å². The number of fused-ring (bicyclic) bond motifs is 1. The molecular weight excluding hydrogens is 340 g/mol.